The number of carbonyl (C=O) groups is 1. The molecule has 1 aliphatic rings. The Labute approximate surface area is 174 Å². The first-order chi connectivity index (χ1) is 13.8. The van der Waals surface area contributed by atoms with Crippen LogP contribution in [0.5, 0.6) is 5.75 Å². The average Bonchev–Trinajstić information content (AvgIpc) is 2.72. The molecule has 3 rings (SSSR count). The summed E-state index contributed by atoms with van der Waals surface area (Å²) < 4.78 is 39.5. The van der Waals surface area contributed by atoms with E-state index in [0.717, 1.165) is 0 Å². The van der Waals surface area contributed by atoms with E-state index in [-0.39, 0.29) is 23.7 Å². The van der Waals surface area contributed by atoms with Crippen molar-refractivity contribution in [2.75, 3.05) is 44.4 Å². The maximum absolute atomic E-state index is 12.7. The maximum Gasteiger partial charge on any atom is 0.340 e. The number of hydrogen-bond donors (Lipinski definition) is 1. The lowest BCUT2D eigenvalue weighted by Gasteiger charge is -2.30. The van der Waals surface area contributed by atoms with Gasteiger partial charge in [0, 0.05) is 18.1 Å². The van der Waals surface area contributed by atoms with Crippen molar-refractivity contribution in [3.8, 4) is 5.75 Å². The van der Waals surface area contributed by atoms with Crippen molar-refractivity contribution < 1.29 is 27.4 Å². The zero-order valence-electron chi connectivity index (χ0n) is 15.5. The largest absolute Gasteiger partial charge is 0.490 e. The molecule has 2 aromatic rings. The number of anilines is 1. The Hall–Kier alpha value is -2.33. The lowest BCUT2D eigenvalue weighted by atomic mass is 10.1. The summed E-state index contributed by atoms with van der Waals surface area (Å²) in [6.45, 7) is 2.31. The SMILES string of the molecule is NS(=O)(=O)c1ccc(N2CCOCC2)c(C(=O)OCCOc2ccc(Cl)cc2)c1. The Morgan fingerprint density at radius 3 is 2.45 bits per heavy atom. The number of primary sulfonamides is 1. The fraction of sp³-hybridized carbons (Fsp3) is 0.316. The minimum atomic E-state index is -3.96. The Kier molecular flexibility index (Phi) is 6.96. The van der Waals surface area contributed by atoms with E-state index in [1.807, 2.05) is 4.90 Å². The third-order valence-electron chi connectivity index (χ3n) is 4.27. The number of ether oxygens (including phenoxy) is 3. The average molecular weight is 441 g/mol. The number of nitrogens with zero attached hydrogens (tertiary/aromatic N) is 1. The lowest BCUT2D eigenvalue weighted by Crippen LogP contribution is -2.37. The number of nitrogens with two attached hydrogens (primary N) is 1. The topological polar surface area (TPSA) is 108 Å². The van der Waals surface area contributed by atoms with E-state index >= 15 is 0 Å². The van der Waals surface area contributed by atoms with E-state index < -0.39 is 16.0 Å². The van der Waals surface area contributed by atoms with Crippen LogP contribution in [-0.2, 0) is 19.5 Å². The van der Waals surface area contributed by atoms with Crippen LogP contribution >= 0.6 is 11.6 Å². The van der Waals surface area contributed by atoms with Crippen LogP contribution in [0.2, 0.25) is 5.02 Å². The van der Waals surface area contributed by atoms with Crippen LogP contribution in [0, 0.1) is 0 Å². The van der Waals surface area contributed by atoms with E-state index in [4.69, 9.17) is 31.0 Å². The number of hydrogen-bond acceptors (Lipinski definition) is 7. The van der Waals surface area contributed by atoms with Gasteiger partial charge in [0.2, 0.25) is 10.0 Å². The fourth-order valence-electron chi connectivity index (χ4n) is 2.84. The number of carbonyl (C=O) groups excluding carboxylic acids is 1. The zero-order chi connectivity index (χ0) is 20.9. The minimum Gasteiger partial charge on any atom is -0.490 e. The molecule has 0 aromatic heterocycles. The summed E-state index contributed by atoms with van der Waals surface area (Å²) >= 11 is 5.82. The van der Waals surface area contributed by atoms with Gasteiger partial charge in [-0.1, -0.05) is 11.6 Å². The third kappa shape index (κ3) is 5.83. The summed E-state index contributed by atoms with van der Waals surface area (Å²) in [4.78, 5) is 14.4. The van der Waals surface area contributed by atoms with Crippen LogP contribution in [0.4, 0.5) is 5.69 Å². The molecule has 29 heavy (non-hydrogen) atoms. The first kappa shape index (κ1) is 21.4. The molecule has 1 aliphatic heterocycles. The Morgan fingerprint density at radius 2 is 1.79 bits per heavy atom. The summed E-state index contributed by atoms with van der Waals surface area (Å²) in [6.07, 6.45) is 0. The van der Waals surface area contributed by atoms with Crippen LogP contribution in [0.1, 0.15) is 10.4 Å². The molecule has 0 spiro atoms. The lowest BCUT2D eigenvalue weighted by molar-refractivity contribution is 0.0450. The van der Waals surface area contributed by atoms with Gasteiger partial charge in [-0.05, 0) is 42.5 Å². The molecule has 10 heteroatoms. The molecule has 0 radical (unpaired) electrons. The smallest absolute Gasteiger partial charge is 0.340 e. The highest BCUT2D eigenvalue weighted by Crippen LogP contribution is 2.25. The van der Waals surface area contributed by atoms with Gasteiger partial charge in [0.05, 0.1) is 29.4 Å². The van der Waals surface area contributed by atoms with Crippen LogP contribution in [0.25, 0.3) is 0 Å². The molecule has 0 amide bonds. The van der Waals surface area contributed by atoms with Crippen molar-refractivity contribution >= 4 is 33.3 Å². The van der Waals surface area contributed by atoms with E-state index in [9.17, 15) is 13.2 Å². The molecule has 156 valence electrons. The van der Waals surface area contributed by atoms with Gasteiger partial charge in [-0.3, -0.25) is 0 Å². The molecular weight excluding hydrogens is 420 g/mol. The molecule has 1 heterocycles. The van der Waals surface area contributed by atoms with Gasteiger partial charge in [-0.15, -0.1) is 0 Å². The maximum atomic E-state index is 12.7. The summed E-state index contributed by atoms with van der Waals surface area (Å²) in [7, 11) is -3.96. The van der Waals surface area contributed by atoms with Gasteiger partial charge < -0.3 is 19.1 Å². The summed E-state index contributed by atoms with van der Waals surface area (Å²) in [6, 6.07) is 11.0. The second-order valence-electron chi connectivity index (χ2n) is 6.26. The molecular formula is C19H21ClN2O6S. The molecule has 0 bridgehead atoms. The van der Waals surface area contributed by atoms with E-state index in [1.54, 1.807) is 30.3 Å². The third-order valence-corrected chi connectivity index (χ3v) is 5.43. The first-order valence-electron chi connectivity index (χ1n) is 8.89. The highest BCUT2D eigenvalue weighted by atomic mass is 35.5. The number of sulfonamides is 1. The van der Waals surface area contributed by atoms with E-state index in [1.165, 1.54) is 12.1 Å². The van der Waals surface area contributed by atoms with Crippen molar-refractivity contribution in [3.05, 3.63) is 53.1 Å². The molecule has 0 atom stereocenters. The number of esters is 1. The Balaban J connectivity index is 1.70. The molecule has 2 aromatic carbocycles. The van der Waals surface area contributed by atoms with Gasteiger partial charge in [0.1, 0.15) is 19.0 Å². The van der Waals surface area contributed by atoms with Crippen LogP contribution < -0.4 is 14.8 Å². The minimum absolute atomic E-state index is 0.0103. The Bertz CT molecular complexity index is 959. The molecule has 8 nitrogen and oxygen atoms in total. The fourth-order valence-corrected chi connectivity index (χ4v) is 3.50. The summed E-state index contributed by atoms with van der Waals surface area (Å²) in [5.41, 5.74) is 0.703. The normalized spacial score (nSPS) is 14.5. The Morgan fingerprint density at radius 1 is 1.10 bits per heavy atom. The van der Waals surface area contributed by atoms with Crippen molar-refractivity contribution in [2.45, 2.75) is 4.90 Å². The zero-order valence-corrected chi connectivity index (χ0v) is 17.1. The number of morpholine rings is 1. The highest BCUT2D eigenvalue weighted by Gasteiger charge is 2.22. The van der Waals surface area contributed by atoms with Crippen LogP contribution in [0.3, 0.4) is 0 Å². The monoisotopic (exact) mass is 440 g/mol. The van der Waals surface area contributed by atoms with Crippen LogP contribution in [-0.4, -0.2) is 53.9 Å². The summed E-state index contributed by atoms with van der Waals surface area (Å²) in [5, 5.41) is 5.80. The van der Waals surface area contributed by atoms with Gasteiger partial charge in [0.25, 0.3) is 0 Å². The molecule has 0 saturated carbocycles. The van der Waals surface area contributed by atoms with E-state index in [2.05, 4.69) is 0 Å². The predicted octanol–water partition coefficient (Wildman–Crippen LogP) is 2.06. The van der Waals surface area contributed by atoms with Crippen molar-refractivity contribution in [2.24, 2.45) is 5.14 Å². The number of halogens is 1. The second kappa shape index (κ2) is 9.45. The first-order valence-corrected chi connectivity index (χ1v) is 10.8. The van der Waals surface area contributed by atoms with Crippen molar-refractivity contribution in [3.63, 3.8) is 0 Å². The molecule has 1 saturated heterocycles. The summed E-state index contributed by atoms with van der Waals surface area (Å²) in [5.74, 6) is -0.0626. The predicted molar refractivity (Wildman–Crippen MR) is 108 cm³/mol. The van der Waals surface area contributed by atoms with Gasteiger partial charge in [0.15, 0.2) is 0 Å². The van der Waals surface area contributed by atoms with Crippen molar-refractivity contribution in [1.29, 1.82) is 0 Å². The number of rotatable bonds is 7. The van der Waals surface area contributed by atoms with Crippen LogP contribution in [0.15, 0.2) is 47.4 Å². The molecule has 2 N–H and O–H groups in total. The van der Waals surface area contributed by atoms with Crippen molar-refractivity contribution in [1.82, 2.24) is 0 Å². The number of benzene rings is 2. The quantitative estimate of drug-likeness (QED) is 0.518. The molecule has 0 unspecified atom stereocenters. The van der Waals surface area contributed by atoms with Gasteiger partial charge in [-0.25, -0.2) is 18.4 Å². The molecule has 0 aliphatic carbocycles. The standard InChI is InChI=1S/C19H21ClN2O6S/c20-14-1-3-15(4-2-14)27-11-12-28-19(23)17-13-16(29(21,24)25)5-6-18(17)22-7-9-26-10-8-22/h1-6,13H,7-12H2,(H2,21,24,25). The van der Waals surface area contributed by atoms with E-state index in [0.29, 0.717) is 42.8 Å². The molecule has 1 fully saturated rings. The van der Waals surface area contributed by atoms with Gasteiger partial charge >= 0.3 is 5.97 Å². The second-order valence-corrected chi connectivity index (χ2v) is 8.26. The van der Waals surface area contributed by atoms with Gasteiger partial charge in [-0.2, -0.15) is 0 Å². The highest BCUT2D eigenvalue weighted by molar-refractivity contribution is 7.89.